The molecule has 0 radical (unpaired) electrons. The lowest BCUT2D eigenvalue weighted by atomic mass is 9.77. The van der Waals surface area contributed by atoms with Crippen molar-refractivity contribution in [1.29, 1.82) is 0 Å². The summed E-state index contributed by atoms with van der Waals surface area (Å²) in [6, 6.07) is 2.05. The average molecular weight is 362 g/mol. The third kappa shape index (κ3) is 3.71. The molecule has 1 aliphatic heterocycles. The molecule has 1 saturated carbocycles. The monoisotopic (exact) mass is 362 g/mol. The Labute approximate surface area is 150 Å². The molecule has 2 aliphatic rings. The van der Waals surface area contributed by atoms with Gasteiger partial charge in [-0.25, -0.2) is 9.59 Å². The van der Waals surface area contributed by atoms with Crippen LogP contribution in [0.3, 0.4) is 0 Å². The number of amides is 6. The zero-order valence-electron chi connectivity index (χ0n) is 14.5. The van der Waals surface area contributed by atoms with Gasteiger partial charge in [0.05, 0.1) is 12.8 Å². The summed E-state index contributed by atoms with van der Waals surface area (Å²) in [6.45, 7) is 1.74. The molecule has 6 amide bonds. The Kier molecular flexibility index (Phi) is 4.97. The standard InChI is InChI=1S/C17H22N4O5/c1-11-4-6-17(7-5-11)14(23)21(16(25)20-17)10-13(22)19-15(24)18-9-12-3-2-8-26-12/h2-3,8,11H,4-7,9-10H2,1H3,(H,20,25)(H2,18,19,22,24). The molecule has 1 saturated heterocycles. The second-order valence-electron chi connectivity index (χ2n) is 6.90. The van der Waals surface area contributed by atoms with Gasteiger partial charge in [-0.05, 0) is 43.7 Å². The first-order valence-electron chi connectivity index (χ1n) is 8.64. The second kappa shape index (κ2) is 7.19. The molecule has 9 heteroatoms. The van der Waals surface area contributed by atoms with Crippen LogP contribution in [-0.2, 0) is 16.1 Å². The highest BCUT2D eigenvalue weighted by Crippen LogP contribution is 2.36. The molecule has 26 heavy (non-hydrogen) atoms. The van der Waals surface area contributed by atoms with Crippen molar-refractivity contribution >= 4 is 23.9 Å². The van der Waals surface area contributed by atoms with Gasteiger partial charge >= 0.3 is 12.1 Å². The van der Waals surface area contributed by atoms with E-state index in [0.717, 1.165) is 17.7 Å². The number of nitrogens with one attached hydrogen (secondary N) is 3. The van der Waals surface area contributed by atoms with Gasteiger partial charge in [0.1, 0.15) is 17.8 Å². The zero-order valence-corrected chi connectivity index (χ0v) is 14.5. The predicted octanol–water partition coefficient (Wildman–Crippen LogP) is 1.11. The minimum absolute atomic E-state index is 0.122. The van der Waals surface area contributed by atoms with Crippen LogP contribution in [0.4, 0.5) is 9.59 Å². The maximum atomic E-state index is 12.7. The van der Waals surface area contributed by atoms with Gasteiger partial charge in [0.2, 0.25) is 5.91 Å². The van der Waals surface area contributed by atoms with Crippen LogP contribution >= 0.6 is 0 Å². The van der Waals surface area contributed by atoms with Gasteiger partial charge in [0.15, 0.2) is 0 Å². The highest BCUT2D eigenvalue weighted by atomic mass is 16.3. The van der Waals surface area contributed by atoms with Gasteiger partial charge < -0.3 is 15.1 Å². The summed E-state index contributed by atoms with van der Waals surface area (Å²) in [6.07, 6.45) is 4.31. The topological polar surface area (TPSA) is 121 Å². The Morgan fingerprint density at radius 3 is 2.73 bits per heavy atom. The quantitative estimate of drug-likeness (QED) is 0.693. The summed E-state index contributed by atoms with van der Waals surface area (Å²) in [4.78, 5) is 49.4. The van der Waals surface area contributed by atoms with Crippen LogP contribution in [0.5, 0.6) is 0 Å². The van der Waals surface area contributed by atoms with Crippen LogP contribution in [0.1, 0.15) is 38.4 Å². The third-order valence-corrected chi connectivity index (χ3v) is 4.93. The van der Waals surface area contributed by atoms with E-state index in [4.69, 9.17) is 4.42 Å². The molecule has 1 spiro atoms. The predicted molar refractivity (Wildman–Crippen MR) is 89.7 cm³/mol. The van der Waals surface area contributed by atoms with E-state index in [1.54, 1.807) is 12.1 Å². The zero-order chi connectivity index (χ0) is 18.7. The number of carbonyl (C=O) groups excluding carboxylic acids is 4. The Morgan fingerprint density at radius 1 is 1.35 bits per heavy atom. The second-order valence-corrected chi connectivity index (χ2v) is 6.90. The molecule has 0 bridgehead atoms. The summed E-state index contributed by atoms with van der Waals surface area (Å²) < 4.78 is 5.06. The van der Waals surface area contributed by atoms with Crippen LogP contribution in [0.25, 0.3) is 0 Å². The maximum Gasteiger partial charge on any atom is 0.325 e. The van der Waals surface area contributed by atoms with Crippen molar-refractivity contribution in [2.45, 2.75) is 44.7 Å². The van der Waals surface area contributed by atoms with Crippen molar-refractivity contribution in [3.63, 3.8) is 0 Å². The van der Waals surface area contributed by atoms with Crippen LogP contribution in [0.15, 0.2) is 22.8 Å². The largest absolute Gasteiger partial charge is 0.467 e. The number of carbonyl (C=O) groups is 4. The van der Waals surface area contributed by atoms with Gasteiger partial charge in [0, 0.05) is 0 Å². The molecule has 0 unspecified atom stereocenters. The van der Waals surface area contributed by atoms with Gasteiger partial charge in [0.25, 0.3) is 5.91 Å². The molecule has 1 aromatic heterocycles. The Hall–Kier alpha value is -2.84. The van der Waals surface area contributed by atoms with E-state index in [9.17, 15) is 19.2 Å². The maximum absolute atomic E-state index is 12.7. The SMILES string of the molecule is CC1CCC2(CC1)NC(=O)N(CC(=O)NC(=O)NCc1ccco1)C2=O. The van der Waals surface area contributed by atoms with E-state index in [1.165, 1.54) is 6.26 Å². The summed E-state index contributed by atoms with van der Waals surface area (Å²) in [7, 11) is 0. The lowest BCUT2D eigenvalue weighted by Gasteiger charge is -2.33. The van der Waals surface area contributed by atoms with Crippen molar-refractivity contribution in [3.05, 3.63) is 24.2 Å². The van der Waals surface area contributed by atoms with Crippen LogP contribution < -0.4 is 16.0 Å². The highest BCUT2D eigenvalue weighted by molar-refractivity contribution is 6.10. The average Bonchev–Trinajstić information content (AvgIpc) is 3.19. The van der Waals surface area contributed by atoms with Crippen LogP contribution in [-0.4, -0.2) is 40.9 Å². The highest BCUT2D eigenvalue weighted by Gasteiger charge is 2.52. The Bertz CT molecular complexity index is 707. The summed E-state index contributed by atoms with van der Waals surface area (Å²) >= 11 is 0. The van der Waals surface area contributed by atoms with E-state index >= 15 is 0 Å². The van der Waals surface area contributed by atoms with E-state index in [-0.39, 0.29) is 12.5 Å². The van der Waals surface area contributed by atoms with Crippen molar-refractivity contribution in [2.75, 3.05) is 6.54 Å². The fourth-order valence-corrected chi connectivity index (χ4v) is 3.35. The summed E-state index contributed by atoms with van der Waals surface area (Å²) in [5.41, 5.74) is -0.897. The van der Waals surface area contributed by atoms with E-state index < -0.39 is 30.1 Å². The number of hydrogen-bond acceptors (Lipinski definition) is 5. The first kappa shape index (κ1) is 18.0. The molecular weight excluding hydrogens is 340 g/mol. The number of nitrogens with zero attached hydrogens (tertiary/aromatic N) is 1. The van der Waals surface area contributed by atoms with E-state index in [0.29, 0.717) is 24.5 Å². The van der Waals surface area contributed by atoms with Crippen LogP contribution in [0.2, 0.25) is 0 Å². The van der Waals surface area contributed by atoms with Gasteiger partial charge in [-0.3, -0.25) is 19.8 Å². The minimum atomic E-state index is -0.897. The normalized spacial score (nSPS) is 25.3. The molecule has 0 aromatic carbocycles. The van der Waals surface area contributed by atoms with Crippen molar-refractivity contribution in [3.8, 4) is 0 Å². The molecule has 9 nitrogen and oxygen atoms in total. The van der Waals surface area contributed by atoms with Gasteiger partial charge in [-0.1, -0.05) is 6.92 Å². The van der Waals surface area contributed by atoms with Crippen molar-refractivity contribution in [1.82, 2.24) is 20.9 Å². The Balaban J connectivity index is 1.51. The molecule has 1 aromatic rings. The number of furan rings is 1. The number of imide groups is 2. The lowest BCUT2D eigenvalue weighted by molar-refractivity contribution is -0.135. The Morgan fingerprint density at radius 2 is 2.08 bits per heavy atom. The van der Waals surface area contributed by atoms with Gasteiger partial charge in [-0.15, -0.1) is 0 Å². The minimum Gasteiger partial charge on any atom is -0.467 e. The molecule has 3 rings (SSSR count). The van der Waals surface area contributed by atoms with E-state index in [1.807, 2.05) is 0 Å². The van der Waals surface area contributed by atoms with Crippen molar-refractivity contribution in [2.24, 2.45) is 5.92 Å². The van der Waals surface area contributed by atoms with Gasteiger partial charge in [-0.2, -0.15) is 0 Å². The fourth-order valence-electron chi connectivity index (χ4n) is 3.35. The molecule has 2 heterocycles. The van der Waals surface area contributed by atoms with E-state index in [2.05, 4.69) is 22.9 Å². The molecule has 3 N–H and O–H groups in total. The smallest absolute Gasteiger partial charge is 0.325 e. The molecule has 1 aliphatic carbocycles. The van der Waals surface area contributed by atoms with Crippen molar-refractivity contribution < 1.29 is 23.6 Å². The number of hydrogen-bond donors (Lipinski definition) is 3. The summed E-state index contributed by atoms with van der Waals surface area (Å²) in [5.74, 6) is -0.0667. The third-order valence-electron chi connectivity index (χ3n) is 4.93. The lowest BCUT2D eigenvalue weighted by Crippen LogP contribution is -2.50. The first-order chi connectivity index (χ1) is 12.4. The first-order valence-corrected chi connectivity index (χ1v) is 8.64. The fraction of sp³-hybridized carbons (Fsp3) is 0.529. The molecule has 2 fully saturated rings. The number of rotatable bonds is 4. The van der Waals surface area contributed by atoms with Crippen LogP contribution in [0, 0.1) is 5.92 Å². The molecule has 140 valence electrons. The summed E-state index contributed by atoms with van der Waals surface area (Å²) in [5, 5.41) is 7.30. The molecular formula is C17H22N4O5. The molecule has 0 atom stereocenters. The number of urea groups is 2.